The molecule has 3 aromatic carbocycles. The van der Waals surface area contributed by atoms with Crippen LogP contribution < -0.4 is 25.6 Å². The molecule has 1 aromatic heterocycles. The lowest BCUT2D eigenvalue weighted by Gasteiger charge is -2.51. The van der Waals surface area contributed by atoms with Gasteiger partial charge in [-0.3, -0.25) is 39.6 Å². The van der Waals surface area contributed by atoms with Crippen molar-refractivity contribution < 1.29 is 46.3 Å². The summed E-state index contributed by atoms with van der Waals surface area (Å²) < 4.78 is 65.5. The maximum Gasteiger partial charge on any atom is 0.433 e. The Balaban J connectivity index is 0.786. The lowest BCUT2D eigenvalue weighted by molar-refractivity contribution is -0.141. The standard InChI is InChI=1S/C57H56ClF4N7O6/c1-31-28-68(52(74)48-46(36-8-5-9-39(58)47(36)59)56(55(66-48)18-16-53(2,3)17-19-55)30-64-40-25-44(57(60,61)62)63-27-38(40)56)41-13-11-33(24-43(41)75-31)50(72)67-22-20-54(21-23-67)26-34(54)12-10-32-6-4-7-35-37(32)29-69(51(35)73)42-14-15-45(70)65-49(42)71/h4-9,11,13,24-25,27,31,34,42,46,48,64,66H,14-23,26,28-30H2,1-3H3,(H,65,70,71)/t31-,34+,42+,46+,48-,56-/m1/s1. The number of ether oxygens (including phenoxy) is 1. The molecule has 7 heterocycles. The first-order valence-electron chi connectivity index (χ1n) is 25.9. The molecule has 390 valence electrons. The van der Waals surface area contributed by atoms with Crippen molar-refractivity contribution in [3.8, 4) is 17.6 Å². The van der Waals surface area contributed by atoms with Gasteiger partial charge in [0.05, 0.1) is 23.3 Å². The first kappa shape index (κ1) is 49.4. The van der Waals surface area contributed by atoms with Crippen LogP contribution in [0.2, 0.25) is 5.02 Å². The quantitative estimate of drug-likeness (QED) is 0.104. The summed E-state index contributed by atoms with van der Waals surface area (Å²) in [5.41, 5.74) is 0.652. The number of aromatic nitrogens is 1. The SMILES string of the molecule is C[C@@H]1CN(C(=O)[C@@H]2NC3(CCC(C)(C)CC3)[C@@]3(CNc4cc(C(F)(F)F)ncc43)[C@H]2c2cccc(Cl)c2F)c2ccc(C(=O)N3CCC4(CC3)C[C@@H]4C#Cc3cccc4c3CN([C@H]3CCC(=O)NC3=O)C4=O)cc2O1. The van der Waals surface area contributed by atoms with Gasteiger partial charge in [-0.25, -0.2) is 4.39 Å². The molecule has 0 bridgehead atoms. The number of pyridine rings is 1. The fraction of sp³-hybridized carbons (Fsp3) is 0.474. The zero-order valence-corrected chi connectivity index (χ0v) is 42.5. The van der Waals surface area contributed by atoms with E-state index in [4.69, 9.17) is 16.3 Å². The number of rotatable bonds is 4. The highest BCUT2D eigenvalue weighted by atomic mass is 35.5. The van der Waals surface area contributed by atoms with Gasteiger partial charge in [0, 0.05) is 89.5 Å². The van der Waals surface area contributed by atoms with Gasteiger partial charge in [-0.2, -0.15) is 13.2 Å². The number of hydrogen-bond acceptors (Lipinski definition) is 9. The number of fused-ring (bicyclic) bond motifs is 5. The zero-order chi connectivity index (χ0) is 52.6. The summed E-state index contributed by atoms with van der Waals surface area (Å²) in [6, 6.07) is 14.4. The molecule has 18 heteroatoms. The average Bonchev–Trinajstić information content (AvgIpc) is 3.60. The number of piperidine rings is 2. The average molecular weight is 1050 g/mol. The van der Waals surface area contributed by atoms with Crippen LogP contribution in [0.1, 0.15) is 133 Å². The third kappa shape index (κ3) is 7.98. The van der Waals surface area contributed by atoms with E-state index in [-0.39, 0.29) is 89.1 Å². The molecule has 2 aliphatic carbocycles. The fourth-order valence-electron chi connectivity index (χ4n) is 13.9. The van der Waals surface area contributed by atoms with Gasteiger partial charge in [-0.05, 0) is 123 Å². The first-order chi connectivity index (χ1) is 35.7. The second-order valence-corrected chi connectivity index (χ2v) is 23.3. The highest BCUT2D eigenvalue weighted by Gasteiger charge is 2.70. The third-order valence-electron chi connectivity index (χ3n) is 18.2. The van der Waals surface area contributed by atoms with Crippen LogP contribution in [0.3, 0.4) is 0 Å². The van der Waals surface area contributed by atoms with Crippen LogP contribution in [0.15, 0.2) is 66.9 Å². The van der Waals surface area contributed by atoms with Gasteiger partial charge < -0.3 is 24.8 Å². The van der Waals surface area contributed by atoms with Gasteiger partial charge in [0.1, 0.15) is 29.4 Å². The topological polar surface area (TPSA) is 153 Å². The largest absolute Gasteiger partial charge is 0.487 e. The second kappa shape index (κ2) is 17.5. The number of nitrogens with zero attached hydrogens (tertiary/aromatic N) is 4. The number of carbonyl (C=O) groups excluding carboxylic acids is 5. The van der Waals surface area contributed by atoms with Gasteiger partial charge in [0.15, 0.2) is 0 Å². The number of hydrogen-bond donors (Lipinski definition) is 3. The van der Waals surface area contributed by atoms with Crippen LogP contribution in [-0.2, 0) is 32.5 Å². The van der Waals surface area contributed by atoms with Crippen LogP contribution in [-0.4, -0.2) is 94.2 Å². The van der Waals surface area contributed by atoms with E-state index < -0.39 is 58.7 Å². The molecule has 2 saturated carbocycles. The molecular formula is C57H56ClF4N7O6. The monoisotopic (exact) mass is 1050 g/mol. The Labute approximate surface area is 436 Å². The molecular weight excluding hydrogens is 990 g/mol. The minimum atomic E-state index is -4.70. The van der Waals surface area contributed by atoms with Crippen molar-refractivity contribution in [2.45, 2.75) is 126 Å². The molecule has 12 rings (SSSR count). The predicted octanol–water partition coefficient (Wildman–Crippen LogP) is 8.52. The van der Waals surface area contributed by atoms with Crippen molar-refractivity contribution in [3.05, 3.63) is 117 Å². The van der Waals surface area contributed by atoms with Crippen molar-refractivity contribution in [2.75, 3.05) is 36.4 Å². The van der Waals surface area contributed by atoms with E-state index >= 15 is 9.18 Å². The van der Waals surface area contributed by atoms with Gasteiger partial charge in [-0.1, -0.05) is 55.5 Å². The number of nitrogens with one attached hydrogen (secondary N) is 3. The highest BCUT2D eigenvalue weighted by molar-refractivity contribution is 6.30. The number of benzene rings is 3. The number of anilines is 2. The maximum absolute atomic E-state index is 16.8. The Kier molecular flexibility index (Phi) is 11.5. The molecule has 8 aliphatic rings. The smallest absolute Gasteiger partial charge is 0.433 e. The van der Waals surface area contributed by atoms with Crippen LogP contribution in [0.5, 0.6) is 5.75 Å². The molecule has 4 aromatic rings. The van der Waals surface area contributed by atoms with Gasteiger partial charge >= 0.3 is 6.18 Å². The van der Waals surface area contributed by atoms with Crippen molar-refractivity contribution in [2.24, 2.45) is 16.7 Å². The van der Waals surface area contributed by atoms with E-state index in [1.165, 1.54) is 17.2 Å². The summed E-state index contributed by atoms with van der Waals surface area (Å²) in [4.78, 5) is 76.7. The number of likely N-dealkylation sites (tertiary alicyclic amines) is 1. The van der Waals surface area contributed by atoms with E-state index in [0.717, 1.165) is 49.3 Å². The summed E-state index contributed by atoms with van der Waals surface area (Å²) >= 11 is 6.52. The van der Waals surface area contributed by atoms with Crippen molar-refractivity contribution in [1.82, 2.24) is 25.4 Å². The maximum atomic E-state index is 16.8. The van der Waals surface area contributed by atoms with E-state index in [2.05, 4.69) is 46.6 Å². The minimum Gasteiger partial charge on any atom is -0.487 e. The van der Waals surface area contributed by atoms with Gasteiger partial charge in [0.25, 0.3) is 11.8 Å². The van der Waals surface area contributed by atoms with E-state index in [9.17, 15) is 32.3 Å². The Bertz CT molecular complexity index is 3190. The van der Waals surface area contributed by atoms with Crippen LogP contribution in [0.25, 0.3) is 0 Å². The molecule has 0 unspecified atom stereocenters. The summed E-state index contributed by atoms with van der Waals surface area (Å²) in [7, 11) is 0. The molecule has 6 atom stereocenters. The fourth-order valence-corrected chi connectivity index (χ4v) is 14.0. The first-order valence-corrected chi connectivity index (χ1v) is 26.3. The molecule has 75 heavy (non-hydrogen) atoms. The summed E-state index contributed by atoms with van der Waals surface area (Å²) in [6.45, 7) is 7.74. The molecule has 6 aliphatic heterocycles. The van der Waals surface area contributed by atoms with Gasteiger partial charge in [-0.15, -0.1) is 0 Å². The number of imide groups is 1. The Morgan fingerprint density at radius 1 is 0.960 bits per heavy atom. The summed E-state index contributed by atoms with van der Waals surface area (Å²) in [6.07, 6.45) is 1.54. The normalized spacial score (nSPS) is 27.8. The lowest BCUT2D eigenvalue weighted by atomic mass is 9.54. The summed E-state index contributed by atoms with van der Waals surface area (Å²) in [5, 5.41) is 9.27. The van der Waals surface area contributed by atoms with E-state index in [1.54, 1.807) is 47.4 Å². The molecule has 13 nitrogen and oxygen atoms in total. The molecule has 5 amide bonds. The van der Waals surface area contributed by atoms with E-state index in [1.807, 2.05) is 17.9 Å². The Morgan fingerprint density at radius 2 is 1.72 bits per heavy atom. The Hall–Kier alpha value is -6.51. The second-order valence-electron chi connectivity index (χ2n) is 22.9. The number of carbonyl (C=O) groups is 5. The molecule has 3 N–H and O–H groups in total. The number of halogens is 5. The van der Waals surface area contributed by atoms with E-state index in [0.29, 0.717) is 54.1 Å². The van der Waals surface area contributed by atoms with Crippen LogP contribution in [0, 0.1) is 34.4 Å². The molecule has 5 fully saturated rings. The number of amides is 5. The van der Waals surface area contributed by atoms with Crippen molar-refractivity contribution >= 4 is 52.5 Å². The number of alkyl halides is 3. The highest BCUT2D eigenvalue weighted by Crippen LogP contribution is 2.64. The third-order valence-corrected chi connectivity index (χ3v) is 18.4. The summed E-state index contributed by atoms with van der Waals surface area (Å²) in [5.74, 6) is 4.05. The minimum absolute atomic E-state index is 0.0319. The molecule has 3 spiro atoms. The zero-order valence-electron chi connectivity index (χ0n) is 41.8. The molecule has 0 radical (unpaired) electrons. The predicted molar refractivity (Wildman–Crippen MR) is 269 cm³/mol. The van der Waals surface area contributed by atoms with Crippen LogP contribution in [0.4, 0.5) is 28.9 Å². The Morgan fingerprint density at radius 3 is 2.47 bits per heavy atom. The lowest BCUT2D eigenvalue weighted by Crippen LogP contribution is -2.60. The van der Waals surface area contributed by atoms with Crippen molar-refractivity contribution in [1.29, 1.82) is 0 Å². The van der Waals surface area contributed by atoms with Gasteiger partial charge in [0.2, 0.25) is 17.7 Å². The van der Waals surface area contributed by atoms with Crippen LogP contribution >= 0.6 is 11.6 Å². The van der Waals surface area contributed by atoms with Crippen molar-refractivity contribution in [3.63, 3.8) is 0 Å². The molecule has 3 saturated heterocycles.